The van der Waals surface area contributed by atoms with Gasteiger partial charge in [-0.15, -0.1) is 0 Å². The van der Waals surface area contributed by atoms with Gasteiger partial charge in [0.25, 0.3) is 0 Å². The molecule has 1 aliphatic heterocycles. The molecule has 0 radical (unpaired) electrons. The average Bonchev–Trinajstić information content (AvgIpc) is 2.32. The molecule has 0 aliphatic carbocycles. The Labute approximate surface area is 111 Å². The van der Waals surface area contributed by atoms with E-state index in [9.17, 15) is 17.9 Å². The van der Waals surface area contributed by atoms with Crippen LogP contribution < -0.4 is 5.73 Å². The van der Waals surface area contributed by atoms with Crippen molar-refractivity contribution in [3.63, 3.8) is 0 Å². The highest BCUT2D eigenvalue weighted by Crippen LogP contribution is 2.29. The first-order valence-electron chi connectivity index (χ1n) is 6.00. The molecule has 1 aromatic carbocycles. The summed E-state index contributed by atoms with van der Waals surface area (Å²) in [7, 11) is -3.81. The second kappa shape index (κ2) is 4.73. The lowest BCUT2D eigenvalue weighted by Gasteiger charge is -2.35. The second-order valence-corrected chi connectivity index (χ2v) is 6.96. The van der Waals surface area contributed by atoms with Crippen molar-refractivity contribution in [3.05, 3.63) is 24.0 Å². The molecule has 0 spiro atoms. The average molecular weight is 288 g/mol. The van der Waals surface area contributed by atoms with Crippen molar-refractivity contribution in [2.45, 2.75) is 30.3 Å². The predicted molar refractivity (Wildman–Crippen MR) is 69.4 cm³/mol. The monoisotopic (exact) mass is 288 g/mol. The van der Waals surface area contributed by atoms with Gasteiger partial charge in [0.05, 0.1) is 11.3 Å². The third-order valence-electron chi connectivity index (χ3n) is 3.43. The van der Waals surface area contributed by atoms with Crippen LogP contribution >= 0.6 is 0 Å². The number of benzene rings is 1. The molecule has 1 aromatic rings. The number of anilines is 1. The number of piperidine rings is 1. The summed E-state index contributed by atoms with van der Waals surface area (Å²) in [5, 5.41) is 9.82. The Bertz CT molecular complexity index is 577. The van der Waals surface area contributed by atoms with Crippen LogP contribution in [-0.4, -0.2) is 36.5 Å². The number of aliphatic hydroxyl groups is 1. The van der Waals surface area contributed by atoms with E-state index in [-0.39, 0.29) is 23.7 Å². The van der Waals surface area contributed by atoms with Crippen molar-refractivity contribution >= 4 is 15.7 Å². The first kappa shape index (κ1) is 14.2. The van der Waals surface area contributed by atoms with Crippen molar-refractivity contribution in [2.75, 3.05) is 18.8 Å². The molecular weight excluding hydrogens is 271 g/mol. The Hall–Kier alpha value is -1.18. The van der Waals surface area contributed by atoms with E-state index in [1.54, 1.807) is 6.92 Å². The normalized spacial score (nSPS) is 20.4. The fraction of sp³-hybridized carbons (Fsp3) is 0.500. The molecule has 0 saturated carbocycles. The fourth-order valence-electron chi connectivity index (χ4n) is 2.09. The van der Waals surface area contributed by atoms with Gasteiger partial charge < -0.3 is 10.8 Å². The van der Waals surface area contributed by atoms with E-state index >= 15 is 0 Å². The highest BCUT2D eigenvalue weighted by Gasteiger charge is 2.35. The van der Waals surface area contributed by atoms with Crippen LogP contribution in [0.1, 0.15) is 19.8 Å². The minimum absolute atomic E-state index is 0.200. The Balaban J connectivity index is 2.31. The minimum Gasteiger partial charge on any atom is -0.395 e. The third kappa shape index (κ3) is 2.72. The van der Waals surface area contributed by atoms with E-state index < -0.39 is 21.4 Å². The molecule has 106 valence electrons. The van der Waals surface area contributed by atoms with Gasteiger partial charge in [-0.1, -0.05) is 6.07 Å². The first-order chi connectivity index (χ1) is 8.74. The van der Waals surface area contributed by atoms with E-state index in [2.05, 4.69) is 0 Å². The van der Waals surface area contributed by atoms with E-state index in [0.29, 0.717) is 12.8 Å². The number of sulfonamides is 1. The predicted octanol–water partition coefficient (Wildman–Crippen LogP) is 0.943. The zero-order chi connectivity index (χ0) is 14.3. The Kier molecular flexibility index (Phi) is 3.55. The van der Waals surface area contributed by atoms with Crippen LogP contribution in [0.15, 0.2) is 23.1 Å². The lowest BCUT2D eigenvalue weighted by atomic mass is 9.95. The standard InChI is InChI=1S/C12H17FN2O3S/c1-12(16)5-7-15(8-6-12)19(17,18)10-4-2-3-9(13)11(10)14/h2-4,16H,5-8,14H2,1H3. The van der Waals surface area contributed by atoms with Crippen LogP contribution in [-0.2, 0) is 10.0 Å². The molecule has 19 heavy (non-hydrogen) atoms. The maximum Gasteiger partial charge on any atom is 0.245 e. The van der Waals surface area contributed by atoms with Crippen LogP contribution in [0.3, 0.4) is 0 Å². The van der Waals surface area contributed by atoms with Gasteiger partial charge >= 0.3 is 0 Å². The number of halogens is 1. The lowest BCUT2D eigenvalue weighted by Crippen LogP contribution is -2.45. The van der Waals surface area contributed by atoms with Crippen molar-refractivity contribution in [1.82, 2.24) is 4.31 Å². The van der Waals surface area contributed by atoms with Crippen LogP contribution in [0.4, 0.5) is 10.1 Å². The highest BCUT2D eigenvalue weighted by atomic mass is 32.2. The summed E-state index contributed by atoms with van der Waals surface area (Å²) in [5.41, 5.74) is 4.29. The molecule has 7 heteroatoms. The summed E-state index contributed by atoms with van der Waals surface area (Å²) < 4.78 is 39.3. The Morgan fingerprint density at radius 1 is 1.37 bits per heavy atom. The fourth-order valence-corrected chi connectivity index (χ4v) is 3.66. The number of nitrogens with zero attached hydrogens (tertiary/aromatic N) is 1. The SMILES string of the molecule is CC1(O)CCN(S(=O)(=O)c2cccc(F)c2N)CC1. The molecular formula is C12H17FN2O3S. The Morgan fingerprint density at radius 2 is 1.95 bits per heavy atom. The first-order valence-corrected chi connectivity index (χ1v) is 7.44. The zero-order valence-electron chi connectivity index (χ0n) is 10.6. The number of nitrogens with two attached hydrogens (primary N) is 1. The van der Waals surface area contributed by atoms with Gasteiger partial charge in [0.1, 0.15) is 10.7 Å². The number of para-hydroxylation sites is 1. The van der Waals surface area contributed by atoms with Gasteiger partial charge in [0, 0.05) is 13.1 Å². The maximum absolute atomic E-state index is 13.4. The van der Waals surface area contributed by atoms with Gasteiger partial charge in [-0.05, 0) is 31.9 Å². The largest absolute Gasteiger partial charge is 0.395 e. The molecule has 1 saturated heterocycles. The van der Waals surface area contributed by atoms with Crippen molar-refractivity contribution in [1.29, 1.82) is 0 Å². The number of hydrogen-bond acceptors (Lipinski definition) is 4. The van der Waals surface area contributed by atoms with Crippen molar-refractivity contribution < 1.29 is 17.9 Å². The maximum atomic E-state index is 13.4. The summed E-state index contributed by atoms with van der Waals surface area (Å²) in [5.74, 6) is -0.745. The molecule has 0 bridgehead atoms. The summed E-state index contributed by atoms with van der Waals surface area (Å²) in [4.78, 5) is -0.214. The van der Waals surface area contributed by atoms with E-state index in [0.717, 1.165) is 6.07 Å². The number of hydrogen-bond donors (Lipinski definition) is 2. The van der Waals surface area contributed by atoms with Gasteiger partial charge in [0.2, 0.25) is 10.0 Å². The van der Waals surface area contributed by atoms with Crippen molar-refractivity contribution in [2.24, 2.45) is 0 Å². The molecule has 0 amide bonds. The van der Waals surface area contributed by atoms with Crippen LogP contribution in [0.2, 0.25) is 0 Å². The van der Waals surface area contributed by atoms with Crippen LogP contribution in [0.25, 0.3) is 0 Å². The third-order valence-corrected chi connectivity index (χ3v) is 5.39. The molecule has 1 fully saturated rings. The molecule has 0 atom stereocenters. The van der Waals surface area contributed by atoms with Crippen LogP contribution in [0.5, 0.6) is 0 Å². The van der Waals surface area contributed by atoms with Gasteiger partial charge in [-0.2, -0.15) is 4.31 Å². The van der Waals surface area contributed by atoms with E-state index in [4.69, 9.17) is 5.73 Å². The van der Waals surface area contributed by atoms with Gasteiger partial charge in [-0.25, -0.2) is 12.8 Å². The smallest absolute Gasteiger partial charge is 0.245 e. The van der Waals surface area contributed by atoms with E-state index in [1.165, 1.54) is 16.4 Å². The molecule has 3 N–H and O–H groups in total. The zero-order valence-corrected chi connectivity index (χ0v) is 11.5. The topological polar surface area (TPSA) is 83.6 Å². The number of nitrogen functional groups attached to an aromatic ring is 1. The molecule has 1 heterocycles. The summed E-state index contributed by atoms with van der Waals surface area (Å²) in [6.07, 6.45) is 0.697. The van der Waals surface area contributed by atoms with E-state index in [1.807, 2.05) is 0 Å². The molecule has 5 nitrogen and oxygen atoms in total. The molecule has 1 aliphatic rings. The second-order valence-electron chi connectivity index (χ2n) is 5.05. The van der Waals surface area contributed by atoms with Crippen LogP contribution in [0, 0.1) is 5.82 Å². The highest BCUT2D eigenvalue weighted by molar-refractivity contribution is 7.89. The lowest BCUT2D eigenvalue weighted by molar-refractivity contribution is 0.0126. The summed E-state index contributed by atoms with van der Waals surface area (Å²) >= 11 is 0. The number of rotatable bonds is 2. The quantitative estimate of drug-likeness (QED) is 0.793. The summed E-state index contributed by atoms with van der Waals surface area (Å²) in [6, 6.07) is 3.73. The minimum atomic E-state index is -3.81. The van der Waals surface area contributed by atoms with Crippen molar-refractivity contribution in [3.8, 4) is 0 Å². The summed E-state index contributed by atoms with van der Waals surface area (Å²) in [6.45, 7) is 2.07. The van der Waals surface area contributed by atoms with Gasteiger partial charge in [-0.3, -0.25) is 0 Å². The molecule has 0 aromatic heterocycles. The molecule has 2 rings (SSSR count). The molecule has 0 unspecified atom stereocenters. The Morgan fingerprint density at radius 3 is 2.53 bits per heavy atom. The van der Waals surface area contributed by atoms with Gasteiger partial charge in [0.15, 0.2) is 0 Å².